The Morgan fingerprint density at radius 1 is 1.14 bits per heavy atom. The number of aromatic nitrogens is 3. The molecule has 0 aliphatic rings. The first-order valence-corrected chi connectivity index (χ1v) is 8.36. The summed E-state index contributed by atoms with van der Waals surface area (Å²) in [7, 11) is 0. The van der Waals surface area contributed by atoms with Crippen LogP contribution in [0.5, 0.6) is 0 Å². The second-order valence-corrected chi connectivity index (χ2v) is 6.14. The van der Waals surface area contributed by atoms with Gasteiger partial charge in [0.25, 0.3) is 5.91 Å². The van der Waals surface area contributed by atoms with E-state index in [1.807, 2.05) is 0 Å². The molecule has 0 radical (unpaired) electrons. The van der Waals surface area contributed by atoms with Crippen LogP contribution in [0.4, 0.5) is 8.78 Å². The molecule has 0 aliphatic carbocycles. The zero-order valence-electron chi connectivity index (χ0n) is 14.9. The number of hydrogen-bond acceptors (Lipinski definition) is 4. The lowest BCUT2D eigenvalue weighted by Gasteiger charge is -2.16. The first kappa shape index (κ1) is 19.2. The lowest BCUT2D eigenvalue weighted by molar-refractivity contribution is -0.120. The Balaban J connectivity index is 1.80. The van der Waals surface area contributed by atoms with Gasteiger partial charge >= 0.3 is 0 Å². The molecule has 0 spiro atoms. The predicted octanol–water partition coefficient (Wildman–Crippen LogP) is 1.87. The van der Waals surface area contributed by atoms with Gasteiger partial charge in [0, 0.05) is 5.56 Å². The van der Waals surface area contributed by atoms with E-state index in [1.54, 1.807) is 19.1 Å². The average molecular weight is 385 g/mol. The molecule has 2 amide bonds. The van der Waals surface area contributed by atoms with Gasteiger partial charge in [-0.3, -0.25) is 9.59 Å². The van der Waals surface area contributed by atoms with Crippen molar-refractivity contribution in [1.29, 1.82) is 0 Å². The van der Waals surface area contributed by atoms with Crippen LogP contribution in [0.1, 0.15) is 33.4 Å². The van der Waals surface area contributed by atoms with Gasteiger partial charge in [-0.05, 0) is 30.7 Å². The SMILES string of the molecule is Cc1c(C(=O)NC(C(N)=O)c2ccccc2F)nnn1Cc1ccc(F)cc1. The fraction of sp³-hybridized carbons (Fsp3) is 0.158. The monoisotopic (exact) mass is 385 g/mol. The molecule has 0 bridgehead atoms. The standard InChI is InChI=1S/C19H17F2N5O2/c1-11-16(24-25-26(11)10-12-6-8-13(20)9-7-12)19(28)23-17(18(22)27)14-4-2-3-5-15(14)21/h2-9,17H,10H2,1H3,(H2,22,27)(H,23,28). The maximum atomic E-state index is 14.0. The lowest BCUT2D eigenvalue weighted by atomic mass is 10.1. The van der Waals surface area contributed by atoms with Gasteiger partial charge in [-0.25, -0.2) is 13.5 Å². The van der Waals surface area contributed by atoms with Gasteiger partial charge < -0.3 is 11.1 Å². The molecule has 3 aromatic rings. The van der Waals surface area contributed by atoms with Crippen molar-refractivity contribution in [3.8, 4) is 0 Å². The van der Waals surface area contributed by atoms with E-state index in [0.29, 0.717) is 5.69 Å². The quantitative estimate of drug-likeness (QED) is 0.676. The Labute approximate surface area is 159 Å². The smallest absolute Gasteiger partial charge is 0.274 e. The Hall–Kier alpha value is -3.62. The molecule has 7 nitrogen and oxygen atoms in total. The molecular weight excluding hydrogens is 368 g/mol. The van der Waals surface area contributed by atoms with E-state index in [4.69, 9.17) is 5.73 Å². The number of amides is 2. The maximum Gasteiger partial charge on any atom is 0.274 e. The highest BCUT2D eigenvalue weighted by Crippen LogP contribution is 2.18. The Bertz CT molecular complexity index is 1020. The third-order valence-electron chi connectivity index (χ3n) is 4.22. The normalized spacial score (nSPS) is 11.8. The number of nitrogens with one attached hydrogen (secondary N) is 1. The fourth-order valence-electron chi connectivity index (χ4n) is 2.69. The Morgan fingerprint density at radius 2 is 1.82 bits per heavy atom. The highest BCUT2D eigenvalue weighted by Gasteiger charge is 2.26. The van der Waals surface area contributed by atoms with Crippen LogP contribution >= 0.6 is 0 Å². The van der Waals surface area contributed by atoms with E-state index in [0.717, 1.165) is 5.56 Å². The Morgan fingerprint density at radius 3 is 2.46 bits per heavy atom. The summed E-state index contributed by atoms with van der Waals surface area (Å²) >= 11 is 0. The molecule has 1 unspecified atom stereocenters. The molecule has 3 N–H and O–H groups in total. The summed E-state index contributed by atoms with van der Waals surface area (Å²) in [5.41, 5.74) is 6.46. The van der Waals surface area contributed by atoms with Crippen LogP contribution in [0.3, 0.4) is 0 Å². The summed E-state index contributed by atoms with van der Waals surface area (Å²) in [6, 6.07) is 10.0. The van der Waals surface area contributed by atoms with Crippen LogP contribution in [0.2, 0.25) is 0 Å². The fourth-order valence-corrected chi connectivity index (χ4v) is 2.69. The molecule has 2 aromatic carbocycles. The molecule has 28 heavy (non-hydrogen) atoms. The molecule has 0 fully saturated rings. The summed E-state index contributed by atoms with van der Waals surface area (Å²) in [4.78, 5) is 24.3. The summed E-state index contributed by atoms with van der Waals surface area (Å²) in [5.74, 6) is -2.64. The number of primary amides is 1. The molecular formula is C19H17F2N5O2. The highest BCUT2D eigenvalue weighted by molar-refractivity contribution is 5.96. The van der Waals surface area contributed by atoms with E-state index in [9.17, 15) is 18.4 Å². The van der Waals surface area contributed by atoms with Crippen molar-refractivity contribution in [3.63, 3.8) is 0 Å². The maximum absolute atomic E-state index is 14.0. The molecule has 1 aromatic heterocycles. The molecule has 0 aliphatic heterocycles. The number of hydrogen-bond donors (Lipinski definition) is 2. The van der Waals surface area contributed by atoms with Gasteiger partial charge in [0.15, 0.2) is 5.69 Å². The van der Waals surface area contributed by atoms with Crippen molar-refractivity contribution >= 4 is 11.8 Å². The number of carbonyl (C=O) groups is 2. The topological polar surface area (TPSA) is 103 Å². The van der Waals surface area contributed by atoms with E-state index >= 15 is 0 Å². The van der Waals surface area contributed by atoms with Crippen molar-refractivity contribution in [2.24, 2.45) is 5.73 Å². The lowest BCUT2D eigenvalue weighted by Crippen LogP contribution is -2.38. The van der Waals surface area contributed by atoms with Crippen LogP contribution in [0.15, 0.2) is 48.5 Å². The van der Waals surface area contributed by atoms with E-state index < -0.39 is 23.7 Å². The number of carbonyl (C=O) groups excluding carboxylic acids is 2. The van der Waals surface area contributed by atoms with Crippen LogP contribution < -0.4 is 11.1 Å². The number of benzene rings is 2. The Kier molecular flexibility index (Phi) is 5.44. The summed E-state index contributed by atoms with van der Waals surface area (Å²) < 4.78 is 28.5. The van der Waals surface area contributed by atoms with Crippen LogP contribution in [-0.4, -0.2) is 26.8 Å². The van der Waals surface area contributed by atoms with Crippen molar-refractivity contribution < 1.29 is 18.4 Å². The number of rotatable bonds is 6. The first-order chi connectivity index (χ1) is 13.4. The predicted molar refractivity (Wildman–Crippen MR) is 96.1 cm³/mol. The van der Waals surface area contributed by atoms with Gasteiger partial charge in [0.05, 0.1) is 12.2 Å². The van der Waals surface area contributed by atoms with Gasteiger partial charge in [0.1, 0.15) is 17.7 Å². The highest BCUT2D eigenvalue weighted by atomic mass is 19.1. The van der Waals surface area contributed by atoms with Crippen molar-refractivity contribution in [1.82, 2.24) is 20.3 Å². The van der Waals surface area contributed by atoms with Crippen LogP contribution in [0.25, 0.3) is 0 Å². The minimum Gasteiger partial charge on any atom is -0.368 e. The largest absolute Gasteiger partial charge is 0.368 e. The second kappa shape index (κ2) is 7.95. The van der Waals surface area contributed by atoms with Gasteiger partial charge in [-0.2, -0.15) is 0 Å². The molecule has 144 valence electrons. The minimum atomic E-state index is -1.35. The summed E-state index contributed by atoms with van der Waals surface area (Å²) in [6.45, 7) is 1.90. The molecule has 9 heteroatoms. The molecule has 1 atom stereocenters. The van der Waals surface area contributed by atoms with E-state index in [1.165, 1.54) is 41.1 Å². The number of nitrogens with zero attached hydrogens (tertiary/aromatic N) is 3. The zero-order valence-corrected chi connectivity index (χ0v) is 14.9. The number of halogens is 2. The van der Waals surface area contributed by atoms with Crippen LogP contribution in [0, 0.1) is 18.6 Å². The molecule has 0 saturated carbocycles. The first-order valence-electron chi connectivity index (χ1n) is 8.36. The van der Waals surface area contributed by atoms with Gasteiger partial charge in [-0.15, -0.1) is 5.10 Å². The van der Waals surface area contributed by atoms with Gasteiger partial charge in [0.2, 0.25) is 5.91 Å². The molecule has 3 rings (SSSR count). The molecule has 0 saturated heterocycles. The third-order valence-corrected chi connectivity index (χ3v) is 4.22. The second-order valence-electron chi connectivity index (χ2n) is 6.14. The zero-order chi connectivity index (χ0) is 20.3. The molecule has 1 heterocycles. The van der Waals surface area contributed by atoms with E-state index in [-0.39, 0.29) is 23.6 Å². The van der Waals surface area contributed by atoms with Gasteiger partial charge in [-0.1, -0.05) is 35.5 Å². The summed E-state index contributed by atoms with van der Waals surface area (Å²) in [5, 5.41) is 10.2. The van der Waals surface area contributed by atoms with E-state index in [2.05, 4.69) is 15.6 Å². The van der Waals surface area contributed by atoms with Crippen molar-refractivity contribution in [2.45, 2.75) is 19.5 Å². The minimum absolute atomic E-state index is 0.0234. The average Bonchev–Trinajstić information content (AvgIpc) is 3.02. The number of nitrogens with two attached hydrogens (primary N) is 1. The van der Waals surface area contributed by atoms with Crippen molar-refractivity contribution in [2.75, 3.05) is 0 Å². The third kappa shape index (κ3) is 4.03. The van der Waals surface area contributed by atoms with Crippen LogP contribution in [-0.2, 0) is 11.3 Å². The summed E-state index contributed by atoms with van der Waals surface area (Å²) in [6.07, 6.45) is 0. The van der Waals surface area contributed by atoms with Crippen molar-refractivity contribution in [3.05, 3.63) is 82.7 Å².